The Kier molecular flexibility index (Phi) is 6.14. The number of aromatic nitrogens is 2. The van der Waals surface area contributed by atoms with E-state index in [4.69, 9.17) is 0 Å². The van der Waals surface area contributed by atoms with E-state index in [-0.39, 0.29) is 17.9 Å². The lowest BCUT2D eigenvalue weighted by Crippen LogP contribution is -2.44. The van der Waals surface area contributed by atoms with Crippen LogP contribution in [-0.2, 0) is 0 Å². The third-order valence-corrected chi connectivity index (χ3v) is 5.32. The van der Waals surface area contributed by atoms with E-state index >= 15 is 0 Å². The number of imidazole rings is 1. The third kappa shape index (κ3) is 4.15. The molecular weight excluding hydrogens is 340 g/mol. The summed E-state index contributed by atoms with van der Waals surface area (Å²) >= 11 is 0. The molecule has 0 aliphatic carbocycles. The first-order valence-corrected chi connectivity index (χ1v) is 10.1. The monoisotopic (exact) mass is 370 g/mol. The van der Waals surface area contributed by atoms with Crippen LogP contribution in [0.1, 0.15) is 74.0 Å². The summed E-state index contributed by atoms with van der Waals surface area (Å²) in [5.41, 5.74) is 1.00. The maximum atomic E-state index is 13.2. The molecule has 2 aromatic heterocycles. The van der Waals surface area contributed by atoms with Crippen LogP contribution in [0.25, 0.3) is 5.52 Å². The maximum Gasteiger partial charge on any atom is 0.290 e. The largest absolute Gasteiger partial charge is 0.351 e. The highest BCUT2D eigenvalue weighted by Crippen LogP contribution is 2.23. The second-order valence-electron chi connectivity index (χ2n) is 7.73. The molecule has 1 saturated heterocycles. The van der Waals surface area contributed by atoms with Crippen molar-refractivity contribution in [1.82, 2.24) is 19.6 Å². The number of carbonyl (C=O) groups is 2. The van der Waals surface area contributed by atoms with Gasteiger partial charge in [0.2, 0.25) is 5.82 Å². The first-order valence-electron chi connectivity index (χ1n) is 10.1. The van der Waals surface area contributed by atoms with Crippen LogP contribution < -0.4 is 5.32 Å². The number of rotatable bonds is 6. The fraction of sp³-hybridized carbons (Fsp3) is 0.571. The SMILES string of the molecule is CCC1CCCCN1C(=O)c1nc(C(=O)NCCC(C)C)c2ccccn12. The number of likely N-dealkylation sites (tertiary alicyclic amines) is 1. The Morgan fingerprint density at radius 3 is 2.85 bits per heavy atom. The van der Waals surface area contributed by atoms with Gasteiger partial charge in [0.25, 0.3) is 11.8 Å². The normalized spacial score (nSPS) is 17.5. The second kappa shape index (κ2) is 8.55. The lowest BCUT2D eigenvalue weighted by molar-refractivity contribution is 0.0594. The molecule has 146 valence electrons. The Bertz CT molecular complexity index is 812. The van der Waals surface area contributed by atoms with Crippen molar-refractivity contribution in [2.24, 2.45) is 5.92 Å². The van der Waals surface area contributed by atoms with Gasteiger partial charge in [0, 0.05) is 25.3 Å². The molecule has 3 heterocycles. The summed E-state index contributed by atoms with van der Waals surface area (Å²) in [5, 5.41) is 2.93. The summed E-state index contributed by atoms with van der Waals surface area (Å²) in [6.45, 7) is 7.73. The number of carbonyl (C=O) groups excluding carboxylic acids is 2. The van der Waals surface area contributed by atoms with Gasteiger partial charge in [-0.15, -0.1) is 0 Å². The summed E-state index contributed by atoms with van der Waals surface area (Å²) in [5.74, 6) is 0.555. The first-order chi connectivity index (χ1) is 13.0. The van der Waals surface area contributed by atoms with Crippen molar-refractivity contribution in [2.45, 2.75) is 58.9 Å². The number of hydrogen-bond donors (Lipinski definition) is 1. The smallest absolute Gasteiger partial charge is 0.290 e. The zero-order chi connectivity index (χ0) is 19.4. The molecule has 2 aromatic rings. The molecular formula is C21H30N4O2. The highest BCUT2D eigenvalue weighted by atomic mass is 16.2. The molecule has 1 aliphatic heterocycles. The first kappa shape index (κ1) is 19.4. The number of piperidine rings is 1. The molecule has 0 aromatic carbocycles. The summed E-state index contributed by atoms with van der Waals surface area (Å²) in [6, 6.07) is 5.82. The van der Waals surface area contributed by atoms with Crippen LogP contribution in [0.4, 0.5) is 0 Å². The predicted octanol–water partition coefficient (Wildman–Crippen LogP) is 3.51. The van der Waals surface area contributed by atoms with E-state index in [1.165, 1.54) is 0 Å². The van der Waals surface area contributed by atoms with E-state index in [0.717, 1.165) is 38.6 Å². The Hall–Kier alpha value is -2.37. The molecule has 1 atom stereocenters. The average Bonchev–Trinajstić information content (AvgIpc) is 3.07. The molecule has 0 bridgehead atoms. The lowest BCUT2D eigenvalue weighted by Gasteiger charge is -2.34. The zero-order valence-corrected chi connectivity index (χ0v) is 16.6. The number of hydrogen-bond acceptors (Lipinski definition) is 3. The summed E-state index contributed by atoms with van der Waals surface area (Å²) < 4.78 is 1.75. The molecule has 27 heavy (non-hydrogen) atoms. The van der Waals surface area contributed by atoms with Crippen molar-refractivity contribution in [3.8, 4) is 0 Å². The van der Waals surface area contributed by atoms with Gasteiger partial charge in [0.1, 0.15) is 0 Å². The Labute approximate surface area is 161 Å². The predicted molar refractivity (Wildman–Crippen MR) is 106 cm³/mol. The van der Waals surface area contributed by atoms with Crippen LogP contribution in [0.15, 0.2) is 24.4 Å². The van der Waals surface area contributed by atoms with Crippen LogP contribution >= 0.6 is 0 Å². The summed E-state index contributed by atoms with van der Waals surface area (Å²) in [7, 11) is 0. The molecule has 1 unspecified atom stereocenters. The molecule has 0 saturated carbocycles. The van der Waals surface area contributed by atoms with Crippen molar-refractivity contribution in [2.75, 3.05) is 13.1 Å². The lowest BCUT2D eigenvalue weighted by atomic mass is 10.00. The van der Waals surface area contributed by atoms with Gasteiger partial charge >= 0.3 is 0 Å². The molecule has 6 nitrogen and oxygen atoms in total. The Morgan fingerprint density at radius 1 is 1.30 bits per heavy atom. The molecule has 1 N–H and O–H groups in total. The van der Waals surface area contributed by atoms with E-state index in [0.29, 0.717) is 29.5 Å². The van der Waals surface area contributed by atoms with E-state index in [9.17, 15) is 9.59 Å². The quantitative estimate of drug-likeness (QED) is 0.846. The van der Waals surface area contributed by atoms with Gasteiger partial charge < -0.3 is 10.2 Å². The van der Waals surface area contributed by atoms with Crippen LogP contribution in [0.2, 0.25) is 0 Å². The highest BCUT2D eigenvalue weighted by molar-refractivity contribution is 6.02. The van der Waals surface area contributed by atoms with Crippen molar-refractivity contribution in [3.05, 3.63) is 35.9 Å². The second-order valence-corrected chi connectivity index (χ2v) is 7.73. The van der Waals surface area contributed by atoms with E-state index in [1.807, 2.05) is 29.3 Å². The van der Waals surface area contributed by atoms with Gasteiger partial charge in [-0.1, -0.05) is 26.8 Å². The zero-order valence-electron chi connectivity index (χ0n) is 16.6. The number of amides is 2. The van der Waals surface area contributed by atoms with Crippen LogP contribution in [0, 0.1) is 5.92 Å². The summed E-state index contributed by atoms with van der Waals surface area (Å²) in [4.78, 5) is 32.3. The number of pyridine rings is 1. The van der Waals surface area contributed by atoms with Crippen molar-refractivity contribution >= 4 is 17.3 Å². The number of nitrogens with one attached hydrogen (secondary N) is 1. The topological polar surface area (TPSA) is 66.7 Å². The van der Waals surface area contributed by atoms with Crippen molar-refractivity contribution in [3.63, 3.8) is 0 Å². The number of nitrogens with zero attached hydrogens (tertiary/aromatic N) is 3. The average molecular weight is 370 g/mol. The van der Waals surface area contributed by atoms with Crippen LogP contribution in [0.3, 0.4) is 0 Å². The molecule has 1 aliphatic rings. The fourth-order valence-electron chi connectivity index (χ4n) is 3.73. The van der Waals surface area contributed by atoms with Crippen molar-refractivity contribution in [1.29, 1.82) is 0 Å². The minimum Gasteiger partial charge on any atom is -0.351 e. The third-order valence-electron chi connectivity index (χ3n) is 5.32. The number of fused-ring (bicyclic) bond motifs is 1. The van der Waals surface area contributed by atoms with Gasteiger partial charge in [-0.25, -0.2) is 4.98 Å². The minimum atomic E-state index is -0.218. The minimum absolute atomic E-state index is 0.0796. The Morgan fingerprint density at radius 2 is 2.11 bits per heavy atom. The molecule has 1 fully saturated rings. The van der Waals surface area contributed by atoms with Gasteiger partial charge in [-0.3, -0.25) is 14.0 Å². The highest BCUT2D eigenvalue weighted by Gasteiger charge is 2.30. The van der Waals surface area contributed by atoms with E-state index < -0.39 is 0 Å². The molecule has 0 spiro atoms. The van der Waals surface area contributed by atoms with Gasteiger partial charge in [-0.05, 0) is 50.2 Å². The van der Waals surface area contributed by atoms with Crippen LogP contribution in [-0.4, -0.2) is 45.2 Å². The maximum absolute atomic E-state index is 13.2. The van der Waals surface area contributed by atoms with Crippen LogP contribution in [0.5, 0.6) is 0 Å². The van der Waals surface area contributed by atoms with Gasteiger partial charge in [0.15, 0.2) is 5.69 Å². The van der Waals surface area contributed by atoms with Gasteiger partial charge in [-0.2, -0.15) is 0 Å². The van der Waals surface area contributed by atoms with E-state index in [2.05, 4.69) is 31.1 Å². The van der Waals surface area contributed by atoms with E-state index in [1.54, 1.807) is 4.40 Å². The molecule has 3 rings (SSSR count). The Balaban J connectivity index is 1.90. The van der Waals surface area contributed by atoms with Crippen molar-refractivity contribution < 1.29 is 9.59 Å². The molecule has 0 radical (unpaired) electrons. The molecule has 2 amide bonds. The molecule has 6 heteroatoms. The standard InChI is InChI=1S/C21H30N4O2/c1-4-16-9-5-7-13-24(16)21(27)19-23-18(17-10-6-8-14-25(17)19)20(26)22-12-11-15(2)3/h6,8,10,14-16H,4-5,7,9,11-13H2,1-3H3,(H,22,26). The fourth-order valence-corrected chi connectivity index (χ4v) is 3.73. The van der Waals surface area contributed by atoms with Gasteiger partial charge in [0.05, 0.1) is 5.52 Å². The summed E-state index contributed by atoms with van der Waals surface area (Å²) in [6.07, 6.45) is 6.88.